The zero-order chi connectivity index (χ0) is 24.7. The van der Waals surface area contributed by atoms with Gasteiger partial charge in [0.15, 0.2) is 5.03 Å². The molecule has 14 nitrogen and oxygen atoms in total. The molecule has 2 N–H and O–H groups in total. The monoisotopic (exact) mass is 491 g/mol. The molecule has 0 aliphatic heterocycles. The van der Waals surface area contributed by atoms with Crippen LogP contribution in [0.2, 0.25) is 0 Å². The van der Waals surface area contributed by atoms with Crippen LogP contribution in [0.15, 0.2) is 41.7 Å². The Morgan fingerprint density at radius 2 is 1.85 bits per heavy atom. The lowest BCUT2D eigenvalue weighted by Crippen LogP contribution is -2.40. The third-order valence-corrected chi connectivity index (χ3v) is 5.92. The molecular formula is C19H21N7O7S. The first-order chi connectivity index (χ1) is 16.3. The number of aromatic nitrogens is 5. The van der Waals surface area contributed by atoms with Crippen molar-refractivity contribution in [3.63, 3.8) is 0 Å². The number of esters is 1. The van der Waals surface area contributed by atoms with Gasteiger partial charge < -0.3 is 14.2 Å². The zero-order valence-corrected chi connectivity index (χ0v) is 19.2. The number of nitrogens with zero attached hydrogens (tertiary/aromatic N) is 5. The molecule has 3 rings (SSSR count). The lowest BCUT2D eigenvalue weighted by Gasteiger charge is -2.22. The van der Waals surface area contributed by atoms with E-state index in [1.54, 1.807) is 19.1 Å². The molecule has 34 heavy (non-hydrogen) atoms. The summed E-state index contributed by atoms with van der Waals surface area (Å²) in [5.74, 6) is -1.06. The van der Waals surface area contributed by atoms with Crippen LogP contribution in [-0.4, -0.2) is 70.7 Å². The minimum Gasteiger partial charge on any atom is -0.481 e. The lowest BCUT2D eigenvalue weighted by molar-refractivity contribution is 0.0521. The van der Waals surface area contributed by atoms with Crippen LogP contribution in [0.4, 0.5) is 10.7 Å². The first-order valence-corrected chi connectivity index (χ1v) is 11.1. The minimum absolute atomic E-state index is 0.0106. The van der Waals surface area contributed by atoms with Crippen molar-refractivity contribution in [3.05, 3.63) is 47.9 Å². The first-order valence-electron chi connectivity index (χ1n) is 9.71. The van der Waals surface area contributed by atoms with Crippen LogP contribution >= 0.6 is 0 Å². The average Bonchev–Trinajstić information content (AvgIpc) is 3.34. The van der Waals surface area contributed by atoms with E-state index in [-0.39, 0.29) is 35.6 Å². The Labute approximate surface area is 194 Å². The van der Waals surface area contributed by atoms with Gasteiger partial charge in [-0.3, -0.25) is 15.4 Å². The second kappa shape index (κ2) is 10.6. The highest BCUT2D eigenvalue weighted by atomic mass is 32.2. The number of H-pyrrole nitrogens is 1. The van der Waals surface area contributed by atoms with Crippen molar-refractivity contribution in [1.82, 2.24) is 29.5 Å². The second-order valence-electron chi connectivity index (χ2n) is 6.37. The van der Waals surface area contributed by atoms with Crippen LogP contribution < -0.4 is 14.8 Å². The molecule has 0 saturated carbocycles. The van der Waals surface area contributed by atoms with E-state index in [0.29, 0.717) is 4.31 Å². The number of sulfonamides is 1. The van der Waals surface area contributed by atoms with Crippen molar-refractivity contribution in [2.45, 2.75) is 18.5 Å². The molecule has 180 valence electrons. The molecule has 0 aliphatic rings. The molecular weight excluding hydrogens is 470 g/mol. The van der Waals surface area contributed by atoms with Gasteiger partial charge in [-0.25, -0.2) is 13.9 Å². The van der Waals surface area contributed by atoms with Crippen molar-refractivity contribution in [2.75, 3.05) is 26.1 Å². The molecule has 3 heterocycles. The van der Waals surface area contributed by atoms with Gasteiger partial charge in [-0.1, -0.05) is 6.07 Å². The number of rotatable bonds is 9. The van der Waals surface area contributed by atoms with Gasteiger partial charge >= 0.3 is 12.0 Å². The van der Waals surface area contributed by atoms with Gasteiger partial charge in [-0.2, -0.15) is 23.5 Å². The maximum absolute atomic E-state index is 13.5. The van der Waals surface area contributed by atoms with Gasteiger partial charge in [0.25, 0.3) is 10.0 Å². The van der Waals surface area contributed by atoms with E-state index in [2.05, 4.69) is 30.5 Å². The maximum atomic E-state index is 13.5. The Morgan fingerprint density at radius 1 is 1.15 bits per heavy atom. The molecule has 0 aliphatic carbocycles. The number of nitrogens with one attached hydrogen (secondary N) is 2. The lowest BCUT2D eigenvalue weighted by atomic mass is 10.3. The molecule has 2 amide bonds. The van der Waals surface area contributed by atoms with Crippen LogP contribution in [0.1, 0.15) is 23.0 Å². The Kier molecular flexibility index (Phi) is 7.57. The predicted molar refractivity (Wildman–Crippen MR) is 116 cm³/mol. The molecule has 0 fully saturated rings. The summed E-state index contributed by atoms with van der Waals surface area (Å²) in [6.45, 7) is 1.10. The van der Waals surface area contributed by atoms with E-state index in [9.17, 15) is 18.0 Å². The summed E-state index contributed by atoms with van der Waals surface area (Å²) < 4.78 is 42.4. The molecule has 0 aromatic carbocycles. The number of ether oxygens (including phenoxy) is 3. The summed E-state index contributed by atoms with van der Waals surface area (Å²) in [5, 5.41) is 7.56. The van der Waals surface area contributed by atoms with Crippen molar-refractivity contribution in [2.24, 2.45) is 0 Å². The first kappa shape index (κ1) is 24.4. The molecule has 15 heteroatoms. The average molecular weight is 491 g/mol. The van der Waals surface area contributed by atoms with E-state index in [4.69, 9.17) is 14.2 Å². The van der Waals surface area contributed by atoms with Gasteiger partial charge in [0.1, 0.15) is 5.56 Å². The highest BCUT2D eigenvalue weighted by Gasteiger charge is 2.36. The van der Waals surface area contributed by atoms with Crippen LogP contribution in [0.5, 0.6) is 11.8 Å². The van der Waals surface area contributed by atoms with Gasteiger partial charge in [-0.05, 0) is 19.1 Å². The van der Waals surface area contributed by atoms with Crippen LogP contribution in [-0.2, 0) is 21.3 Å². The maximum Gasteiger partial charge on any atom is 0.342 e. The Morgan fingerprint density at radius 3 is 2.44 bits per heavy atom. The quantitative estimate of drug-likeness (QED) is 0.411. The standard InChI is InChI=1S/C19H21N7O7S/c1-4-33-17(27)13-10-21-25-16(13)34(29,30)26(11-12-7-5-6-8-20-12)19(28)24-18-22-14(31-2)9-15(23-18)32-3/h5-10H,4,11H2,1-3H3,(H,21,25)(H,22,23,24,28). The number of carbonyl (C=O) groups is 2. The normalized spacial score (nSPS) is 10.9. The van der Waals surface area contributed by atoms with Crippen molar-refractivity contribution in [3.8, 4) is 11.8 Å². The fourth-order valence-corrected chi connectivity index (χ4v) is 4.04. The Bertz CT molecular complexity index is 1240. The fourth-order valence-electron chi connectivity index (χ4n) is 2.67. The fraction of sp³-hybridized carbons (Fsp3) is 0.263. The molecule has 0 saturated heterocycles. The molecule has 3 aromatic rings. The number of pyridine rings is 1. The van der Waals surface area contributed by atoms with Crippen molar-refractivity contribution < 1.29 is 32.2 Å². The number of aromatic amines is 1. The van der Waals surface area contributed by atoms with E-state index in [1.165, 1.54) is 32.5 Å². The van der Waals surface area contributed by atoms with E-state index < -0.39 is 33.6 Å². The number of methoxy groups -OCH3 is 2. The SMILES string of the molecule is CCOC(=O)c1cn[nH]c1S(=O)(=O)N(Cc1ccccn1)C(=O)Nc1nc(OC)cc(OC)n1. The Hall–Kier alpha value is -4.27. The molecule has 0 bridgehead atoms. The summed E-state index contributed by atoms with van der Waals surface area (Å²) in [5.41, 5.74) is -0.109. The summed E-state index contributed by atoms with van der Waals surface area (Å²) in [6.07, 6.45) is 2.44. The molecule has 0 radical (unpaired) electrons. The summed E-state index contributed by atoms with van der Waals surface area (Å²) in [6, 6.07) is 5.02. The molecule has 0 spiro atoms. The van der Waals surface area contributed by atoms with E-state index in [0.717, 1.165) is 6.20 Å². The number of hydrogen-bond acceptors (Lipinski definition) is 11. The number of amides is 2. The van der Waals surface area contributed by atoms with Gasteiger partial charge in [0.2, 0.25) is 17.7 Å². The highest BCUT2D eigenvalue weighted by molar-refractivity contribution is 7.89. The van der Waals surface area contributed by atoms with Crippen LogP contribution in [0.3, 0.4) is 0 Å². The highest BCUT2D eigenvalue weighted by Crippen LogP contribution is 2.23. The minimum atomic E-state index is -4.66. The third kappa shape index (κ3) is 5.37. The van der Waals surface area contributed by atoms with Crippen molar-refractivity contribution >= 4 is 28.0 Å². The number of anilines is 1. The predicted octanol–water partition coefficient (Wildman–Crippen LogP) is 1.21. The topological polar surface area (TPSA) is 179 Å². The van der Waals surface area contributed by atoms with Crippen LogP contribution in [0, 0.1) is 0 Å². The number of hydrogen-bond donors (Lipinski definition) is 2. The number of urea groups is 1. The van der Waals surface area contributed by atoms with Gasteiger partial charge in [-0.15, -0.1) is 0 Å². The van der Waals surface area contributed by atoms with Crippen LogP contribution in [0.25, 0.3) is 0 Å². The van der Waals surface area contributed by atoms with E-state index in [1.807, 2.05) is 0 Å². The molecule has 0 atom stereocenters. The molecule has 3 aromatic heterocycles. The van der Waals surface area contributed by atoms with E-state index >= 15 is 0 Å². The second-order valence-corrected chi connectivity index (χ2v) is 8.17. The summed E-state index contributed by atoms with van der Waals surface area (Å²) >= 11 is 0. The number of carbonyl (C=O) groups excluding carboxylic acids is 2. The van der Waals surface area contributed by atoms with Gasteiger partial charge in [0, 0.05) is 6.20 Å². The Balaban J connectivity index is 2.02. The van der Waals surface area contributed by atoms with Gasteiger partial charge in [0.05, 0.1) is 45.3 Å². The smallest absolute Gasteiger partial charge is 0.342 e. The largest absolute Gasteiger partial charge is 0.481 e. The molecule has 0 unspecified atom stereocenters. The van der Waals surface area contributed by atoms with Crippen molar-refractivity contribution in [1.29, 1.82) is 0 Å². The zero-order valence-electron chi connectivity index (χ0n) is 18.4. The summed E-state index contributed by atoms with van der Waals surface area (Å²) in [7, 11) is -1.96. The third-order valence-electron chi connectivity index (χ3n) is 4.22. The summed E-state index contributed by atoms with van der Waals surface area (Å²) in [4.78, 5) is 37.4.